The van der Waals surface area contributed by atoms with Crippen LogP contribution in [0, 0.1) is 6.92 Å². The van der Waals surface area contributed by atoms with Gasteiger partial charge in [-0.2, -0.15) is 0 Å². The molecule has 0 fully saturated rings. The van der Waals surface area contributed by atoms with Gasteiger partial charge < -0.3 is 14.8 Å². The summed E-state index contributed by atoms with van der Waals surface area (Å²) in [5.74, 6) is 1.72. The van der Waals surface area contributed by atoms with Crippen molar-refractivity contribution in [1.29, 1.82) is 0 Å². The van der Waals surface area contributed by atoms with Gasteiger partial charge in [0.05, 0.1) is 19.4 Å². The standard InChI is InChI=1S/C17H22N2O2/c1-13-4-9-17(16(19-13)12-18-2)21-11-10-14-5-7-15(20-3)8-6-14/h4-9,18H,10-12H2,1-3H3. The summed E-state index contributed by atoms with van der Waals surface area (Å²) in [5, 5.41) is 3.12. The van der Waals surface area contributed by atoms with Crippen LogP contribution in [-0.4, -0.2) is 25.7 Å². The van der Waals surface area contributed by atoms with Crippen LogP contribution in [0.4, 0.5) is 0 Å². The summed E-state index contributed by atoms with van der Waals surface area (Å²) in [6.45, 7) is 3.33. The molecule has 1 aromatic carbocycles. The average Bonchev–Trinajstić information content (AvgIpc) is 2.50. The number of nitrogens with zero attached hydrogens (tertiary/aromatic N) is 1. The quantitative estimate of drug-likeness (QED) is 0.850. The summed E-state index contributed by atoms with van der Waals surface area (Å²) in [6, 6.07) is 12.0. The molecule has 4 nitrogen and oxygen atoms in total. The zero-order valence-corrected chi connectivity index (χ0v) is 12.8. The van der Waals surface area contributed by atoms with Crippen molar-refractivity contribution >= 4 is 0 Å². The zero-order chi connectivity index (χ0) is 15.1. The molecule has 0 spiro atoms. The first-order valence-corrected chi connectivity index (χ1v) is 7.10. The maximum absolute atomic E-state index is 5.87. The van der Waals surface area contributed by atoms with Gasteiger partial charge in [-0.3, -0.25) is 4.98 Å². The van der Waals surface area contributed by atoms with Gasteiger partial charge in [-0.25, -0.2) is 0 Å². The lowest BCUT2D eigenvalue weighted by molar-refractivity contribution is 0.316. The Morgan fingerprint density at radius 1 is 1.10 bits per heavy atom. The van der Waals surface area contributed by atoms with E-state index in [-0.39, 0.29) is 0 Å². The highest BCUT2D eigenvalue weighted by molar-refractivity contribution is 5.30. The number of hydrogen-bond donors (Lipinski definition) is 1. The number of hydrogen-bond acceptors (Lipinski definition) is 4. The van der Waals surface area contributed by atoms with Crippen molar-refractivity contribution in [2.24, 2.45) is 0 Å². The molecule has 1 heterocycles. The first-order valence-electron chi connectivity index (χ1n) is 7.10. The number of aromatic nitrogens is 1. The highest BCUT2D eigenvalue weighted by atomic mass is 16.5. The predicted molar refractivity (Wildman–Crippen MR) is 83.9 cm³/mol. The van der Waals surface area contributed by atoms with Gasteiger partial charge in [0.25, 0.3) is 0 Å². The molecule has 0 aliphatic carbocycles. The van der Waals surface area contributed by atoms with E-state index in [9.17, 15) is 0 Å². The van der Waals surface area contributed by atoms with E-state index in [4.69, 9.17) is 9.47 Å². The number of pyridine rings is 1. The van der Waals surface area contributed by atoms with Crippen molar-refractivity contribution in [1.82, 2.24) is 10.3 Å². The van der Waals surface area contributed by atoms with Crippen molar-refractivity contribution < 1.29 is 9.47 Å². The fraction of sp³-hybridized carbons (Fsp3) is 0.353. The summed E-state index contributed by atoms with van der Waals surface area (Å²) < 4.78 is 11.0. The normalized spacial score (nSPS) is 10.4. The minimum atomic E-state index is 0.633. The number of rotatable bonds is 7. The van der Waals surface area contributed by atoms with Crippen molar-refractivity contribution in [2.75, 3.05) is 20.8 Å². The molecule has 0 bridgehead atoms. The molecule has 0 atom stereocenters. The Bertz CT molecular complexity index is 568. The highest BCUT2D eigenvalue weighted by Gasteiger charge is 2.05. The van der Waals surface area contributed by atoms with Gasteiger partial charge in [0, 0.05) is 18.7 Å². The fourth-order valence-corrected chi connectivity index (χ4v) is 2.09. The Hall–Kier alpha value is -2.07. The van der Waals surface area contributed by atoms with Gasteiger partial charge in [-0.05, 0) is 43.8 Å². The smallest absolute Gasteiger partial charge is 0.142 e. The largest absolute Gasteiger partial charge is 0.497 e. The molecule has 2 aromatic rings. The molecule has 21 heavy (non-hydrogen) atoms. The van der Waals surface area contributed by atoms with Crippen LogP contribution in [0.2, 0.25) is 0 Å². The van der Waals surface area contributed by atoms with Crippen LogP contribution in [0.5, 0.6) is 11.5 Å². The number of nitrogens with one attached hydrogen (secondary N) is 1. The van der Waals surface area contributed by atoms with Crippen LogP contribution in [-0.2, 0) is 13.0 Å². The topological polar surface area (TPSA) is 43.4 Å². The fourth-order valence-electron chi connectivity index (χ4n) is 2.09. The molecule has 1 N–H and O–H groups in total. The summed E-state index contributed by atoms with van der Waals surface area (Å²) in [6.07, 6.45) is 0.858. The molecule has 4 heteroatoms. The second-order valence-corrected chi connectivity index (χ2v) is 4.87. The Kier molecular flexibility index (Phi) is 5.58. The van der Waals surface area contributed by atoms with Crippen LogP contribution in [0.25, 0.3) is 0 Å². The van der Waals surface area contributed by atoms with Gasteiger partial charge in [0.2, 0.25) is 0 Å². The van der Waals surface area contributed by atoms with E-state index in [0.29, 0.717) is 13.2 Å². The minimum Gasteiger partial charge on any atom is -0.497 e. The Morgan fingerprint density at radius 3 is 2.52 bits per heavy atom. The minimum absolute atomic E-state index is 0.633. The second-order valence-electron chi connectivity index (χ2n) is 4.87. The van der Waals surface area contributed by atoms with Gasteiger partial charge >= 0.3 is 0 Å². The average molecular weight is 286 g/mol. The molecule has 2 rings (SSSR count). The molecule has 0 aliphatic rings. The van der Waals surface area contributed by atoms with Gasteiger partial charge in [0.15, 0.2) is 0 Å². The Balaban J connectivity index is 1.93. The summed E-state index contributed by atoms with van der Waals surface area (Å²) in [4.78, 5) is 4.51. The first kappa shape index (κ1) is 15.3. The van der Waals surface area contributed by atoms with Crippen LogP contribution in [0.3, 0.4) is 0 Å². The second kappa shape index (κ2) is 7.64. The van der Waals surface area contributed by atoms with Gasteiger partial charge in [0.1, 0.15) is 11.5 Å². The van der Waals surface area contributed by atoms with Crippen molar-refractivity contribution in [2.45, 2.75) is 19.9 Å². The van der Waals surface area contributed by atoms with E-state index in [1.54, 1.807) is 7.11 Å². The molecule has 1 aromatic heterocycles. The van der Waals surface area contributed by atoms with Crippen LogP contribution < -0.4 is 14.8 Å². The van der Waals surface area contributed by atoms with E-state index in [1.807, 2.05) is 38.2 Å². The maximum atomic E-state index is 5.87. The number of benzene rings is 1. The maximum Gasteiger partial charge on any atom is 0.142 e. The Labute approximate surface area is 126 Å². The monoisotopic (exact) mass is 286 g/mol. The molecule has 0 aliphatic heterocycles. The van der Waals surface area contributed by atoms with Crippen LogP contribution in [0.15, 0.2) is 36.4 Å². The lowest BCUT2D eigenvalue weighted by Crippen LogP contribution is -2.11. The van der Waals surface area contributed by atoms with E-state index in [2.05, 4.69) is 22.4 Å². The van der Waals surface area contributed by atoms with Crippen molar-refractivity contribution in [3.8, 4) is 11.5 Å². The number of ether oxygens (including phenoxy) is 2. The zero-order valence-electron chi connectivity index (χ0n) is 12.8. The molecule has 0 amide bonds. The third-order valence-corrected chi connectivity index (χ3v) is 3.22. The molecule has 0 radical (unpaired) electrons. The molecule has 0 saturated heterocycles. The molecule has 112 valence electrons. The van der Waals surface area contributed by atoms with Crippen molar-refractivity contribution in [3.63, 3.8) is 0 Å². The van der Waals surface area contributed by atoms with Gasteiger partial charge in [-0.15, -0.1) is 0 Å². The number of aryl methyl sites for hydroxylation is 1. The lowest BCUT2D eigenvalue weighted by atomic mass is 10.1. The van der Waals surface area contributed by atoms with E-state index in [1.165, 1.54) is 5.56 Å². The SMILES string of the molecule is CNCc1nc(C)ccc1OCCc1ccc(OC)cc1. The molecular formula is C17H22N2O2. The lowest BCUT2D eigenvalue weighted by Gasteiger charge is -2.11. The van der Waals surface area contributed by atoms with Crippen molar-refractivity contribution in [3.05, 3.63) is 53.3 Å². The van der Waals surface area contributed by atoms with Crippen LogP contribution >= 0.6 is 0 Å². The predicted octanol–water partition coefficient (Wildman–Crippen LogP) is 2.74. The Morgan fingerprint density at radius 2 is 1.86 bits per heavy atom. The van der Waals surface area contributed by atoms with Gasteiger partial charge in [-0.1, -0.05) is 12.1 Å². The third kappa shape index (κ3) is 4.46. The summed E-state index contributed by atoms with van der Waals surface area (Å²) >= 11 is 0. The highest BCUT2D eigenvalue weighted by Crippen LogP contribution is 2.17. The van der Waals surface area contributed by atoms with E-state index in [0.717, 1.165) is 29.3 Å². The van der Waals surface area contributed by atoms with E-state index < -0.39 is 0 Å². The molecule has 0 unspecified atom stereocenters. The molecule has 0 saturated carbocycles. The summed E-state index contributed by atoms with van der Waals surface area (Å²) in [5.41, 5.74) is 3.18. The molecular weight excluding hydrogens is 264 g/mol. The third-order valence-electron chi connectivity index (χ3n) is 3.22. The van der Waals surface area contributed by atoms with E-state index >= 15 is 0 Å². The number of methoxy groups -OCH3 is 1. The van der Waals surface area contributed by atoms with Crippen LogP contribution in [0.1, 0.15) is 17.0 Å². The summed E-state index contributed by atoms with van der Waals surface area (Å²) in [7, 11) is 3.58. The first-order chi connectivity index (χ1) is 10.2.